The molecule has 0 heterocycles. The lowest BCUT2D eigenvalue weighted by Crippen LogP contribution is -2.27. The van der Waals surface area contributed by atoms with Gasteiger partial charge in [-0.2, -0.15) is 0 Å². The van der Waals surface area contributed by atoms with Crippen molar-refractivity contribution >= 4 is 63.7 Å². The first-order valence-corrected chi connectivity index (χ1v) is 9.08. The number of fused-ring (bicyclic) bond motifs is 6. The van der Waals surface area contributed by atoms with E-state index in [1.54, 1.807) is 0 Å². The largest absolute Gasteiger partial charge is 0.0877 e. The van der Waals surface area contributed by atoms with Gasteiger partial charge in [-0.1, -0.05) is 75.9 Å². The third-order valence-electron chi connectivity index (χ3n) is 5.88. The van der Waals surface area contributed by atoms with E-state index in [0.29, 0.717) is 0 Å². The molecule has 5 aliphatic carbocycles. The molecule has 0 amide bonds. The van der Waals surface area contributed by atoms with Crippen LogP contribution in [-0.2, 0) is 0 Å². The van der Waals surface area contributed by atoms with E-state index in [1.807, 2.05) is 0 Å². The average Bonchev–Trinajstić information content (AvgIpc) is 2.80. The summed E-state index contributed by atoms with van der Waals surface area (Å²) in [7, 11) is 0. The van der Waals surface area contributed by atoms with Gasteiger partial charge in [-0.15, -0.1) is 0 Å². The van der Waals surface area contributed by atoms with Gasteiger partial charge in [-0.05, 0) is 47.3 Å². The van der Waals surface area contributed by atoms with Crippen LogP contribution in [0.25, 0.3) is 0 Å². The highest BCUT2D eigenvalue weighted by atomic mass is 79.9. The monoisotopic (exact) mass is 470 g/mol. The smallest absolute Gasteiger partial charge is 0.0844 e. The van der Waals surface area contributed by atoms with Crippen molar-refractivity contribution in [3.05, 3.63) is 12.2 Å². The van der Waals surface area contributed by atoms with Crippen molar-refractivity contribution in [2.24, 2.45) is 47.3 Å². The minimum atomic E-state index is 0.263. The fourth-order valence-electron chi connectivity index (χ4n) is 5.44. The molecule has 0 aromatic heterocycles. The third-order valence-corrected chi connectivity index (χ3v) is 10.1. The lowest BCUT2D eigenvalue weighted by atomic mass is 9.82. The molecule has 4 heteroatoms. The van der Waals surface area contributed by atoms with E-state index in [4.69, 9.17) is 0 Å². The second kappa shape index (κ2) is 2.60. The number of allylic oxidation sites excluding steroid dienone is 2. The van der Waals surface area contributed by atoms with Gasteiger partial charge in [0.1, 0.15) is 0 Å². The van der Waals surface area contributed by atoms with Gasteiger partial charge in [-0.3, -0.25) is 0 Å². The van der Waals surface area contributed by atoms with Gasteiger partial charge in [0.05, 0.1) is 6.47 Å². The summed E-state index contributed by atoms with van der Waals surface area (Å²) >= 11 is 15.6. The van der Waals surface area contributed by atoms with Crippen LogP contribution < -0.4 is 0 Å². The van der Waals surface area contributed by atoms with E-state index >= 15 is 0 Å². The number of hydrogen-bond acceptors (Lipinski definition) is 0. The molecule has 4 fully saturated rings. The van der Waals surface area contributed by atoms with Crippen LogP contribution in [0.1, 0.15) is 0 Å². The molecule has 0 aliphatic heterocycles. The van der Waals surface area contributed by atoms with E-state index in [2.05, 4.69) is 75.9 Å². The maximum absolute atomic E-state index is 3.90. The maximum atomic E-state index is 3.90. The molecule has 5 aliphatic rings. The second-order valence-corrected chi connectivity index (χ2v) is 13.5. The lowest BCUT2D eigenvalue weighted by molar-refractivity contribution is 0.275. The van der Waals surface area contributed by atoms with E-state index in [1.165, 1.54) is 0 Å². The molecule has 0 aromatic carbocycles. The fourth-order valence-corrected chi connectivity index (χ4v) is 9.63. The lowest BCUT2D eigenvalue weighted by Gasteiger charge is -2.28. The Morgan fingerprint density at radius 2 is 1.06 bits per heavy atom. The molecule has 86 valence electrons. The zero-order valence-corrected chi connectivity index (χ0v) is 14.6. The Morgan fingerprint density at radius 3 is 1.50 bits per heavy atom. The van der Waals surface area contributed by atoms with Crippen LogP contribution >= 0.6 is 63.7 Å². The topological polar surface area (TPSA) is 0 Å². The number of alkyl halides is 4. The molecule has 0 nitrogen and oxygen atoms in total. The summed E-state index contributed by atoms with van der Waals surface area (Å²) in [6.45, 7) is 0. The highest BCUT2D eigenvalue weighted by Gasteiger charge is 2.86. The molecular weight excluding hydrogens is 464 g/mol. The van der Waals surface area contributed by atoms with Crippen LogP contribution in [0.15, 0.2) is 12.2 Å². The van der Waals surface area contributed by atoms with Gasteiger partial charge in [0.15, 0.2) is 0 Å². The second-order valence-electron chi connectivity index (χ2n) is 6.15. The van der Waals surface area contributed by atoms with Crippen molar-refractivity contribution in [1.29, 1.82) is 0 Å². The maximum Gasteiger partial charge on any atom is 0.0877 e. The minimum Gasteiger partial charge on any atom is -0.0844 e. The van der Waals surface area contributed by atoms with Crippen LogP contribution in [-0.4, -0.2) is 6.47 Å². The zero-order chi connectivity index (χ0) is 11.0. The van der Waals surface area contributed by atoms with Crippen LogP contribution in [0.3, 0.4) is 0 Å². The van der Waals surface area contributed by atoms with Gasteiger partial charge in [0, 0.05) is 0 Å². The summed E-state index contributed by atoms with van der Waals surface area (Å²) in [4.78, 5) is 0. The standard InChI is InChI=1S/C12H10Br4/c13-11(14)7-3-1-2-4-5(3)6(9(7)11)10-8(4)12(10,15)16/h1-10H. The first-order valence-electron chi connectivity index (χ1n) is 5.91. The number of halogens is 4. The Kier molecular flexibility index (Phi) is 1.70. The van der Waals surface area contributed by atoms with Crippen molar-refractivity contribution < 1.29 is 0 Å². The van der Waals surface area contributed by atoms with Gasteiger partial charge in [-0.25, -0.2) is 0 Å². The molecule has 0 radical (unpaired) electrons. The third kappa shape index (κ3) is 0.857. The quantitative estimate of drug-likeness (QED) is 0.359. The summed E-state index contributed by atoms with van der Waals surface area (Å²) in [5.74, 6) is 7.00. The molecular formula is C12H10Br4. The van der Waals surface area contributed by atoms with Gasteiger partial charge >= 0.3 is 0 Å². The summed E-state index contributed by atoms with van der Waals surface area (Å²) in [5, 5.41) is 0. The summed E-state index contributed by atoms with van der Waals surface area (Å²) in [5.41, 5.74) is 0. The van der Waals surface area contributed by atoms with Crippen molar-refractivity contribution in [3.8, 4) is 0 Å². The van der Waals surface area contributed by atoms with Gasteiger partial charge in [0.2, 0.25) is 0 Å². The number of hydrogen-bond donors (Lipinski definition) is 0. The predicted molar refractivity (Wildman–Crippen MR) is 78.2 cm³/mol. The fraction of sp³-hybridized carbons (Fsp3) is 0.833. The highest BCUT2D eigenvalue weighted by molar-refractivity contribution is 9.26. The van der Waals surface area contributed by atoms with Crippen molar-refractivity contribution in [2.45, 2.75) is 6.47 Å². The molecule has 5 rings (SSSR count). The number of rotatable bonds is 0. The molecule has 0 bridgehead atoms. The van der Waals surface area contributed by atoms with Crippen LogP contribution in [0.5, 0.6) is 0 Å². The van der Waals surface area contributed by atoms with E-state index < -0.39 is 0 Å². The molecule has 6 unspecified atom stereocenters. The Balaban J connectivity index is 1.66. The van der Waals surface area contributed by atoms with Crippen molar-refractivity contribution in [1.82, 2.24) is 0 Å². The molecule has 4 saturated carbocycles. The van der Waals surface area contributed by atoms with Crippen molar-refractivity contribution in [3.63, 3.8) is 0 Å². The Bertz CT molecular complexity index is 402. The van der Waals surface area contributed by atoms with E-state index in [-0.39, 0.29) is 6.47 Å². The molecule has 16 heavy (non-hydrogen) atoms. The average molecular weight is 474 g/mol. The highest BCUT2D eigenvalue weighted by Crippen LogP contribution is 2.88. The van der Waals surface area contributed by atoms with Crippen molar-refractivity contribution in [2.75, 3.05) is 0 Å². The van der Waals surface area contributed by atoms with Gasteiger partial charge in [0.25, 0.3) is 0 Å². The Hall–Kier alpha value is 1.66. The molecule has 0 N–H and O–H groups in total. The molecule has 0 spiro atoms. The first-order chi connectivity index (χ1) is 7.47. The zero-order valence-electron chi connectivity index (χ0n) is 8.29. The predicted octanol–water partition coefficient (Wildman–Crippen LogP) is 4.51. The van der Waals surface area contributed by atoms with E-state index in [9.17, 15) is 0 Å². The Labute approximate surface area is 129 Å². The van der Waals surface area contributed by atoms with Gasteiger partial charge < -0.3 is 0 Å². The normalized spacial score (nSPS) is 68.8. The molecule has 0 aromatic rings. The summed E-state index contributed by atoms with van der Waals surface area (Å²) < 4.78 is 0.525. The molecule has 6 atom stereocenters. The Morgan fingerprint density at radius 1 is 0.625 bits per heavy atom. The van der Waals surface area contributed by atoms with E-state index in [0.717, 1.165) is 47.3 Å². The summed E-state index contributed by atoms with van der Waals surface area (Å²) in [6.07, 6.45) is 5.03. The SMILES string of the molecule is BrC1(Br)C2C3C=CC4C3C(C21)C1C4C1(Br)Br. The summed E-state index contributed by atoms with van der Waals surface area (Å²) in [6, 6.07) is 0. The van der Waals surface area contributed by atoms with Crippen LogP contribution in [0, 0.1) is 47.3 Å². The van der Waals surface area contributed by atoms with Crippen LogP contribution in [0.4, 0.5) is 0 Å². The minimum absolute atomic E-state index is 0.263. The molecule has 0 saturated heterocycles. The first kappa shape index (κ1) is 10.4. The van der Waals surface area contributed by atoms with Crippen LogP contribution in [0.2, 0.25) is 0 Å².